The molecule has 0 amide bonds. The number of benzene rings is 1. The molecule has 0 aliphatic rings. The minimum atomic E-state index is -0.585. The first-order chi connectivity index (χ1) is 13.0. The number of alkyl halides is 1. The van der Waals surface area contributed by atoms with Crippen LogP contribution in [-0.2, 0) is 13.1 Å². The maximum Gasteiger partial charge on any atom is 0.262 e. The van der Waals surface area contributed by atoms with E-state index in [1.807, 2.05) is 19.1 Å². The summed E-state index contributed by atoms with van der Waals surface area (Å²) in [7, 11) is 4.10. The molecule has 7 heteroatoms. The summed E-state index contributed by atoms with van der Waals surface area (Å²) in [6.07, 6.45) is 0. The number of aryl methyl sites for hydroxylation is 2. The van der Waals surface area contributed by atoms with Gasteiger partial charge in [0.15, 0.2) is 0 Å². The molecule has 0 bridgehead atoms. The van der Waals surface area contributed by atoms with Crippen LogP contribution in [-0.4, -0.2) is 40.4 Å². The van der Waals surface area contributed by atoms with Crippen LogP contribution in [0.1, 0.15) is 10.6 Å². The van der Waals surface area contributed by atoms with Gasteiger partial charge in [0.05, 0.1) is 17.4 Å². The van der Waals surface area contributed by atoms with Crippen LogP contribution in [0, 0.1) is 6.92 Å². The molecule has 0 spiro atoms. The van der Waals surface area contributed by atoms with Crippen molar-refractivity contribution in [3.8, 4) is 10.4 Å². The van der Waals surface area contributed by atoms with Gasteiger partial charge in [-0.2, -0.15) is 5.10 Å². The summed E-state index contributed by atoms with van der Waals surface area (Å²) >= 11 is 1.75. The second-order valence-electron chi connectivity index (χ2n) is 6.95. The molecular formula is C20H21FN4OS. The lowest BCUT2D eigenvalue weighted by Crippen LogP contribution is -2.22. The maximum atomic E-state index is 13.1. The van der Waals surface area contributed by atoms with E-state index in [2.05, 4.69) is 47.4 Å². The maximum absolute atomic E-state index is 13.1. The third kappa shape index (κ3) is 3.07. The Morgan fingerprint density at radius 1 is 1.26 bits per heavy atom. The van der Waals surface area contributed by atoms with Crippen molar-refractivity contribution in [1.82, 2.24) is 19.7 Å². The van der Waals surface area contributed by atoms with E-state index in [-0.39, 0.29) is 12.1 Å². The topological polar surface area (TPSA) is 53.9 Å². The summed E-state index contributed by atoms with van der Waals surface area (Å²) in [6.45, 7) is 2.18. The number of fused-ring (bicyclic) bond motifs is 3. The van der Waals surface area contributed by atoms with E-state index in [1.54, 1.807) is 11.3 Å². The molecule has 3 heterocycles. The Bertz CT molecular complexity index is 1190. The second-order valence-corrected chi connectivity index (χ2v) is 8.12. The molecule has 0 radical (unpaired) electrons. The molecule has 4 aromatic rings. The molecule has 0 fully saturated rings. The van der Waals surface area contributed by atoms with Crippen molar-refractivity contribution in [3.05, 3.63) is 51.3 Å². The third-order valence-electron chi connectivity index (χ3n) is 4.68. The lowest BCUT2D eigenvalue weighted by molar-refractivity contribution is 0.406. The molecule has 0 aliphatic carbocycles. The average Bonchev–Trinajstić information content (AvgIpc) is 3.25. The van der Waals surface area contributed by atoms with Gasteiger partial charge in [-0.3, -0.25) is 9.89 Å². The van der Waals surface area contributed by atoms with Crippen LogP contribution in [0.4, 0.5) is 4.39 Å². The van der Waals surface area contributed by atoms with Gasteiger partial charge in [0, 0.05) is 27.4 Å². The van der Waals surface area contributed by atoms with Crippen molar-refractivity contribution in [3.63, 3.8) is 0 Å². The van der Waals surface area contributed by atoms with E-state index in [0.717, 1.165) is 22.4 Å². The van der Waals surface area contributed by atoms with E-state index in [9.17, 15) is 9.18 Å². The van der Waals surface area contributed by atoms with Gasteiger partial charge in [-0.15, -0.1) is 11.3 Å². The van der Waals surface area contributed by atoms with Crippen LogP contribution in [0.5, 0.6) is 0 Å². The molecular weight excluding hydrogens is 363 g/mol. The summed E-state index contributed by atoms with van der Waals surface area (Å²) in [5, 5.41) is 8.65. The third-order valence-corrected chi connectivity index (χ3v) is 5.79. The summed E-state index contributed by atoms with van der Waals surface area (Å²) < 4.78 is 14.6. The molecule has 27 heavy (non-hydrogen) atoms. The predicted octanol–water partition coefficient (Wildman–Crippen LogP) is 3.95. The molecule has 1 aromatic carbocycles. The van der Waals surface area contributed by atoms with Crippen molar-refractivity contribution in [2.45, 2.75) is 20.0 Å². The molecule has 0 aliphatic heterocycles. The smallest absolute Gasteiger partial charge is 0.262 e. The van der Waals surface area contributed by atoms with Gasteiger partial charge in [-0.05, 0) is 50.8 Å². The van der Waals surface area contributed by atoms with Gasteiger partial charge in [0.25, 0.3) is 5.56 Å². The van der Waals surface area contributed by atoms with E-state index in [4.69, 9.17) is 0 Å². The number of halogens is 1. The normalized spacial score (nSPS) is 11.9. The number of hydrogen-bond donors (Lipinski definition) is 1. The van der Waals surface area contributed by atoms with E-state index >= 15 is 0 Å². The van der Waals surface area contributed by atoms with Gasteiger partial charge >= 0.3 is 0 Å². The number of H-pyrrole nitrogens is 1. The SMILES string of the molecule is Cc1[nH]nc2c1c(=O)n(CCF)c1ccc(-c3ccc(CN(C)C)s3)cc21. The first kappa shape index (κ1) is 17.9. The Morgan fingerprint density at radius 2 is 2.07 bits per heavy atom. The fourth-order valence-corrected chi connectivity index (χ4v) is 4.60. The Kier molecular flexibility index (Phi) is 4.57. The molecule has 5 nitrogen and oxygen atoms in total. The minimum absolute atomic E-state index is 0.0429. The number of aromatic amines is 1. The van der Waals surface area contributed by atoms with Crippen LogP contribution in [0.15, 0.2) is 35.1 Å². The molecule has 4 rings (SSSR count). The quantitative estimate of drug-likeness (QED) is 0.567. The van der Waals surface area contributed by atoms with Gasteiger partial charge in [-0.1, -0.05) is 6.07 Å². The number of pyridine rings is 1. The highest BCUT2D eigenvalue weighted by Gasteiger charge is 2.16. The van der Waals surface area contributed by atoms with Gasteiger partial charge in [0.2, 0.25) is 0 Å². The zero-order valence-corrected chi connectivity index (χ0v) is 16.4. The lowest BCUT2D eigenvalue weighted by Gasteiger charge is -2.11. The molecule has 140 valence electrons. The van der Waals surface area contributed by atoms with Gasteiger partial charge in [0.1, 0.15) is 12.2 Å². The summed E-state index contributed by atoms with van der Waals surface area (Å²) in [5.41, 5.74) is 2.95. The highest BCUT2D eigenvalue weighted by atomic mass is 32.1. The number of nitrogens with one attached hydrogen (secondary N) is 1. The van der Waals surface area contributed by atoms with Crippen molar-refractivity contribution in [2.24, 2.45) is 0 Å². The molecule has 3 aromatic heterocycles. The fourth-order valence-electron chi connectivity index (χ4n) is 3.48. The Labute approximate surface area is 160 Å². The highest BCUT2D eigenvalue weighted by molar-refractivity contribution is 7.15. The number of rotatable bonds is 5. The van der Waals surface area contributed by atoms with E-state index in [0.29, 0.717) is 22.1 Å². The van der Waals surface area contributed by atoms with Crippen LogP contribution in [0.3, 0.4) is 0 Å². The van der Waals surface area contributed by atoms with Crippen molar-refractivity contribution < 1.29 is 4.39 Å². The molecule has 0 saturated heterocycles. The predicted molar refractivity (Wildman–Crippen MR) is 109 cm³/mol. The number of nitrogens with zero attached hydrogens (tertiary/aromatic N) is 3. The Balaban J connectivity index is 1.94. The van der Waals surface area contributed by atoms with Crippen molar-refractivity contribution in [2.75, 3.05) is 20.8 Å². The van der Waals surface area contributed by atoms with Crippen molar-refractivity contribution >= 4 is 33.1 Å². The van der Waals surface area contributed by atoms with E-state index in [1.165, 1.54) is 9.44 Å². The zero-order valence-electron chi connectivity index (χ0n) is 15.5. The number of aromatic nitrogens is 3. The number of hydrogen-bond acceptors (Lipinski definition) is 4. The second kappa shape index (κ2) is 6.90. The van der Waals surface area contributed by atoms with Crippen molar-refractivity contribution in [1.29, 1.82) is 0 Å². The molecule has 0 atom stereocenters. The molecule has 0 saturated carbocycles. The lowest BCUT2D eigenvalue weighted by atomic mass is 10.1. The zero-order chi connectivity index (χ0) is 19.1. The average molecular weight is 384 g/mol. The minimum Gasteiger partial charge on any atom is -0.305 e. The fraction of sp³-hybridized carbons (Fsp3) is 0.300. The first-order valence-electron chi connectivity index (χ1n) is 8.80. The van der Waals surface area contributed by atoms with Gasteiger partial charge in [-0.25, -0.2) is 4.39 Å². The van der Waals surface area contributed by atoms with Crippen LogP contribution < -0.4 is 5.56 Å². The van der Waals surface area contributed by atoms with Crippen LogP contribution in [0.25, 0.3) is 32.2 Å². The highest BCUT2D eigenvalue weighted by Crippen LogP contribution is 2.32. The monoisotopic (exact) mass is 384 g/mol. The molecule has 0 unspecified atom stereocenters. The largest absolute Gasteiger partial charge is 0.305 e. The summed E-state index contributed by atoms with van der Waals surface area (Å²) in [6, 6.07) is 10.2. The summed E-state index contributed by atoms with van der Waals surface area (Å²) in [4.78, 5) is 17.4. The molecule has 1 N–H and O–H groups in total. The number of thiophene rings is 1. The van der Waals surface area contributed by atoms with Crippen LogP contribution >= 0.6 is 11.3 Å². The van der Waals surface area contributed by atoms with E-state index < -0.39 is 6.67 Å². The summed E-state index contributed by atoms with van der Waals surface area (Å²) in [5.74, 6) is 0. The first-order valence-corrected chi connectivity index (χ1v) is 9.62. The standard InChI is InChI=1S/C20H21FN4OS/c1-12-18-19(23-22-12)15-10-13(17-7-5-14(27-17)11-24(2)3)4-6-16(15)25(9-8-21)20(18)26/h4-7,10H,8-9,11H2,1-3H3,(H,22,23). The Morgan fingerprint density at radius 3 is 2.81 bits per heavy atom. The Hall–Kier alpha value is -2.51. The van der Waals surface area contributed by atoms with Crippen LogP contribution in [0.2, 0.25) is 0 Å². The van der Waals surface area contributed by atoms with Gasteiger partial charge < -0.3 is 9.47 Å².